The summed E-state index contributed by atoms with van der Waals surface area (Å²) in [5, 5.41) is 3.00. The Labute approximate surface area is 68.0 Å². The minimum Gasteiger partial charge on any atom is -0.354 e. The highest BCUT2D eigenvalue weighted by Gasteiger charge is 1.91. The van der Waals surface area contributed by atoms with Gasteiger partial charge in [0.15, 0.2) is 0 Å². The van der Waals surface area contributed by atoms with Crippen molar-refractivity contribution in [2.24, 2.45) is 0 Å². The fraction of sp³-hybridized carbons (Fsp3) is 0.333. The molecule has 0 aliphatic rings. The largest absolute Gasteiger partial charge is 0.354 e. The van der Waals surface area contributed by atoms with Crippen molar-refractivity contribution >= 4 is 21.9 Å². The van der Waals surface area contributed by atoms with Crippen LogP contribution >= 0.6 is 15.9 Å². The van der Waals surface area contributed by atoms with Gasteiger partial charge in [0.05, 0.1) is 0 Å². The topological polar surface area (TPSA) is 37.8 Å². The molecule has 1 N–H and O–H groups in total. The van der Waals surface area contributed by atoms with Gasteiger partial charge in [0.2, 0.25) is 5.95 Å². The molecule has 1 rings (SSSR count). The van der Waals surface area contributed by atoms with Crippen LogP contribution in [0.3, 0.4) is 0 Å². The third-order valence-corrected chi connectivity index (χ3v) is 1.40. The van der Waals surface area contributed by atoms with Crippen LogP contribution in [-0.4, -0.2) is 16.5 Å². The van der Waals surface area contributed by atoms with Crippen LogP contribution in [0, 0.1) is 0 Å². The van der Waals surface area contributed by atoms with E-state index < -0.39 is 0 Å². The van der Waals surface area contributed by atoms with Gasteiger partial charge in [0, 0.05) is 12.7 Å². The lowest BCUT2D eigenvalue weighted by Crippen LogP contribution is -2.00. The molecule has 3 nitrogen and oxygen atoms in total. The van der Waals surface area contributed by atoms with Crippen LogP contribution in [0.4, 0.5) is 5.95 Å². The molecule has 0 saturated heterocycles. The van der Waals surface area contributed by atoms with Crippen molar-refractivity contribution in [3.63, 3.8) is 0 Å². The second-order valence-electron chi connectivity index (χ2n) is 1.73. The molecule has 10 heavy (non-hydrogen) atoms. The van der Waals surface area contributed by atoms with Crippen LogP contribution < -0.4 is 5.32 Å². The Balaban J connectivity index is 2.75. The summed E-state index contributed by atoms with van der Waals surface area (Å²) >= 11 is 3.24. The van der Waals surface area contributed by atoms with E-state index in [1.54, 1.807) is 12.3 Å². The smallest absolute Gasteiger partial charge is 0.223 e. The second-order valence-corrected chi connectivity index (χ2v) is 2.55. The normalized spacial score (nSPS) is 9.40. The molecule has 0 aliphatic heterocycles. The number of anilines is 1. The van der Waals surface area contributed by atoms with Gasteiger partial charge in [-0.1, -0.05) is 0 Å². The average molecular weight is 202 g/mol. The number of hydrogen-bond donors (Lipinski definition) is 1. The highest BCUT2D eigenvalue weighted by Crippen LogP contribution is 2.05. The predicted octanol–water partition coefficient (Wildman–Crippen LogP) is 1.67. The molecule has 0 saturated carbocycles. The van der Waals surface area contributed by atoms with Crippen LogP contribution in [0.2, 0.25) is 0 Å². The molecule has 0 atom stereocenters. The molecule has 1 aromatic rings. The first-order valence-corrected chi connectivity index (χ1v) is 3.84. The molecule has 1 heterocycles. The molecule has 0 spiro atoms. The third-order valence-electron chi connectivity index (χ3n) is 0.956. The number of halogens is 1. The number of aromatic nitrogens is 2. The molecule has 0 aliphatic carbocycles. The first-order valence-electron chi connectivity index (χ1n) is 3.05. The quantitative estimate of drug-likeness (QED) is 0.741. The Bertz CT molecular complexity index is 214. The van der Waals surface area contributed by atoms with Crippen molar-refractivity contribution < 1.29 is 0 Å². The van der Waals surface area contributed by atoms with E-state index in [0.717, 1.165) is 11.1 Å². The Hall–Kier alpha value is -0.640. The summed E-state index contributed by atoms with van der Waals surface area (Å²) in [7, 11) is 0. The summed E-state index contributed by atoms with van der Waals surface area (Å²) < 4.78 is 0.804. The lowest BCUT2D eigenvalue weighted by atomic mass is 10.6. The van der Waals surface area contributed by atoms with Gasteiger partial charge in [0.1, 0.15) is 4.60 Å². The van der Waals surface area contributed by atoms with Crippen molar-refractivity contribution in [1.29, 1.82) is 0 Å². The van der Waals surface area contributed by atoms with Crippen molar-refractivity contribution in [3.05, 3.63) is 16.9 Å². The van der Waals surface area contributed by atoms with Gasteiger partial charge in [-0.2, -0.15) is 0 Å². The van der Waals surface area contributed by atoms with E-state index in [2.05, 4.69) is 31.2 Å². The van der Waals surface area contributed by atoms with Crippen LogP contribution in [0.5, 0.6) is 0 Å². The highest BCUT2D eigenvalue weighted by molar-refractivity contribution is 9.10. The fourth-order valence-corrected chi connectivity index (χ4v) is 0.866. The number of rotatable bonds is 2. The summed E-state index contributed by atoms with van der Waals surface area (Å²) in [6, 6.07) is 1.79. The number of nitrogens with zero attached hydrogens (tertiary/aromatic N) is 2. The SMILES string of the molecule is CCNc1nccc(Br)n1. The Morgan fingerprint density at radius 3 is 3.10 bits per heavy atom. The van der Waals surface area contributed by atoms with Crippen LogP contribution in [0.25, 0.3) is 0 Å². The van der Waals surface area contributed by atoms with Crippen molar-refractivity contribution in [2.75, 3.05) is 11.9 Å². The molecular weight excluding hydrogens is 194 g/mol. The summed E-state index contributed by atoms with van der Waals surface area (Å²) in [5.41, 5.74) is 0. The summed E-state index contributed by atoms with van der Waals surface area (Å²) in [5.74, 6) is 0.664. The minimum atomic E-state index is 0.664. The summed E-state index contributed by atoms with van der Waals surface area (Å²) in [6.07, 6.45) is 1.70. The van der Waals surface area contributed by atoms with Gasteiger partial charge in [0.25, 0.3) is 0 Å². The molecule has 0 fully saturated rings. The zero-order valence-electron chi connectivity index (χ0n) is 5.63. The van der Waals surface area contributed by atoms with Gasteiger partial charge in [-0.15, -0.1) is 0 Å². The molecule has 1 aromatic heterocycles. The molecule has 0 radical (unpaired) electrons. The van der Waals surface area contributed by atoms with Crippen LogP contribution in [0.1, 0.15) is 6.92 Å². The molecule has 54 valence electrons. The van der Waals surface area contributed by atoms with Gasteiger partial charge in [-0.05, 0) is 28.9 Å². The first-order chi connectivity index (χ1) is 4.83. The van der Waals surface area contributed by atoms with Gasteiger partial charge in [-0.25, -0.2) is 9.97 Å². The van der Waals surface area contributed by atoms with Crippen molar-refractivity contribution in [3.8, 4) is 0 Å². The zero-order valence-corrected chi connectivity index (χ0v) is 7.22. The number of nitrogens with one attached hydrogen (secondary N) is 1. The van der Waals surface area contributed by atoms with Gasteiger partial charge in [-0.3, -0.25) is 0 Å². The third kappa shape index (κ3) is 1.95. The standard InChI is InChI=1S/C6H8BrN3/c1-2-8-6-9-4-3-5(7)10-6/h3-4H,2H2,1H3,(H,8,9,10). The van der Waals surface area contributed by atoms with Crippen molar-refractivity contribution in [1.82, 2.24) is 9.97 Å². The van der Waals surface area contributed by atoms with Gasteiger partial charge < -0.3 is 5.32 Å². The second kappa shape index (κ2) is 3.51. The predicted molar refractivity (Wildman–Crippen MR) is 43.9 cm³/mol. The summed E-state index contributed by atoms with van der Waals surface area (Å²) in [4.78, 5) is 8.03. The highest BCUT2D eigenvalue weighted by atomic mass is 79.9. The van der Waals surface area contributed by atoms with Crippen LogP contribution in [0.15, 0.2) is 16.9 Å². The van der Waals surface area contributed by atoms with Gasteiger partial charge >= 0.3 is 0 Å². The first kappa shape index (κ1) is 7.47. The van der Waals surface area contributed by atoms with E-state index in [0.29, 0.717) is 5.95 Å². The van der Waals surface area contributed by atoms with E-state index in [-0.39, 0.29) is 0 Å². The average Bonchev–Trinajstić information content (AvgIpc) is 1.88. The lowest BCUT2D eigenvalue weighted by Gasteiger charge is -1.98. The van der Waals surface area contributed by atoms with E-state index in [4.69, 9.17) is 0 Å². The molecule has 0 amide bonds. The maximum Gasteiger partial charge on any atom is 0.223 e. The van der Waals surface area contributed by atoms with E-state index >= 15 is 0 Å². The summed E-state index contributed by atoms with van der Waals surface area (Å²) in [6.45, 7) is 2.85. The number of hydrogen-bond acceptors (Lipinski definition) is 3. The molecule has 0 aromatic carbocycles. The maximum atomic E-state index is 4.06. The Morgan fingerprint density at radius 1 is 1.70 bits per heavy atom. The van der Waals surface area contributed by atoms with E-state index in [1.165, 1.54) is 0 Å². The minimum absolute atomic E-state index is 0.664. The molecule has 0 unspecified atom stereocenters. The zero-order chi connectivity index (χ0) is 7.40. The monoisotopic (exact) mass is 201 g/mol. The molecular formula is C6H8BrN3. The maximum absolute atomic E-state index is 4.06. The lowest BCUT2D eigenvalue weighted by molar-refractivity contribution is 1.07. The Kier molecular flexibility index (Phi) is 2.62. The fourth-order valence-electron chi connectivity index (χ4n) is 0.580. The Morgan fingerprint density at radius 2 is 2.50 bits per heavy atom. The van der Waals surface area contributed by atoms with E-state index in [9.17, 15) is 0 Å². The molecule has 0 bridgehead atoms. The van der Waals surface area contributed by atoms with E-state index in [1.807, 2.05) is 6.92 Å². The molecule has 4 heteroatoms. The van der Waals surface area contributed by atoms with Crippen LogP contribution in [-0.2, 0) is 0 Å². The van der Waals surface area contributed by atoms with Crippen molar-refractivity contribution in [2.45, 2.75) is 6.92 Å².